The van der Waals surface area contributed by atoms with Crippen LogP contribution < -0.4 is 10.5 Å². The van der Waals surface area contributed by atoms with Gasteiger partial charge < -0.3 is 15.2 Å². The van der Waals surface area contributed by atoms with Crippen LogP contribution in [0.15, 0.2) is 24.3 Å². The number of ether oxygens (including phenoxy) is 2. The van der Waals surface area contributed by atoms with Gasteiger partial charge in [-0.1, -0.05) is 32.0 Å². The van der Waals surface area contributed by atoms with E-state index in [1.54, 1.807) is 0 Å². The molecule has 0 bridgehead atoms. The summed E-state index contributed by atoms with van der Waals surface area (Å²) in [4.78, 5) is 0. The second-order valence-corrected chi connectivity index (χ2v) is 5.32. The van der Waals surface area contributed by atoms with Gasteiger partial charge in [-0.3, -0.25) is 0 Å². The fourth-order valence-corrected chi connectivity index (χ4v) is 2.24. The van der Waals surface area contributed by atoms with Crippen LogP contribution in [0.4, 0.5) is 0 Å². The van der Waals surface area contributed by atoms with E-state index < -0.39 is 0 Å². The Morgan fingerprint density at radius 2 is 2.17 bits per heavy atom. The largest absolute Gasteiger partial charge is 0.490 e. The van der Waals surface area contributed by atoms with E-state index in [0.29, 0.717) is 6.61 Å². The van der Waals surface area contributed by atoms with Gasteiger partial charge in [0.2, 0.25) is 0 Å². The van der Waals surface area contributed by atoms with Crippen molar-refractivity contribution in [3.05, 3.63) is 29.8 Å². The lowest BCUT2D eigenvalue weighted by atomic mass is 9.99. The monoisotopic (exact) mass is 249 g/mol. The zero-order chi connectivity index (χ0) is 13.0. The second-order valence-electron chi connectivity index (χ2n) is 5.32. The van der Waals surface area contributed by atoms with Crippen LogP contribution in [0.3, 0.4) is 0 Å². The molecule has 0 fully saturated rings. The molecule has 0 aromatic heterocycles. The van der Waals surface area contributed by atoms with E-state index in [1.807, 2.05) is 24.3 Å². The van der Waals surface area contributed by atoms with Gasteiger partial charge in [-0.2, -0.15) is 0 Å². The van der Waals surface area contributed by atoms with Crippen LogP contribution in [0.2, 0.25) is 0 Å². The molecule has 0 saturated carbocycles. The maximum Gasteiger partial charge on any atom is 0.124 e. The Balaban J connectivity index is 1.85. The normalized spacial score (nSPS) is 22.7. The number of para-hydroxylation sites is 1. The van der Waals surface area contributed by atoms with Gasteiger partial charge in [-0.05, 0) is 24.8 Å². The summed E-state index contributed by atoms with van der Waals surface area (Å²) < 4.78 is 11.5. The van der Waals surface area contributed by atoms with E-state index in [0.717, 1.165) is 30.3 Å². The number of fused-ring (bicyclic) bond motifs is 1. The summed E-state index contributed by atoms with van der Waals surface area (Å²) >= 11 is 0. The maximum absolute atomic E-state index is 6.23. The number of rotatable bonds is 5. The highest BCUT2D eigenvalue weighted by molar-refractivity contribution is 5.38. The summed E-state index contributed by atoms with van der Waals surface area (Å²) in [6, 6.07) is 7.86. The molecule has 0 amide bonds. The quantitative estimate of drug-likeness (QED) is 0.816. The van der Waals surface area contributed by atoms with Crippen LogP contribution in [0, 0.1) is 5.92 Å². The van der Waals surface area contributed by atoms with E-state index >= 15 is 0 Å². The summed E-state index contributed by atoms with van der Waals surface area (Å²) in [5.41, 5.74) is 7.28. The minimum Gasteiger partial charge on any atom is -0.490 e. The molecule has 3 heteroatoms. The van der Waals surface area contributed by atoms with Crippen molar-refractivity contribution in [3.63, 3.8) is 0 Å². The van der Waals surface area contributed by atoms with Crippen molar-refractivity contribution in [2.45, 2.75) is 38.8 Å². The van der Waals surface area contributed by atoms with Gasteiger partial charge >= 0.3 is 0 Å². The molecular formula is C15H23NO2. The molecule has 1 aromatic carbocycles. The zero-order valence-electron chi connectivity index (χ0n) is 11.3. The highest BCUT2D eigenvalue weighted by Gasteiger charge is 2.28. The molecule has 0 spiro atoms. The van der Waals surface area contributed by atoms with Gasteiger partial charge in [0, 0.05) is 12.2 Å². The average Bonchev–Trinajstić information content (AvgIpc) is 2.37. The molecule has 1 heterocycles. The molecule has 1 aromatic rings. The van der Waals surface area contributed by atoms with Crippen molar-refractivity contribution in [3.8, 4) is 5.75 Å². The third-order valence-electron chi connectivity index (χ3n) is 3.34. The van der Waals surface area contributed by atoms with Crippen molar-refractivity contribution in [1.29, 1.82) is 0 Å². The maximum atomic E-state index is 6.23. The van der Waals surface area contributed by atoms with Crippen LogP contribution in [-0.4, -0.2) is 19.3 Å². The minimum atomic E-state index is -0.0750. The lowest BCUT2D eigenvalue weighted by molar-refractivity contribution is -0.00891. The first-order valence-corrected chi connectivity index (χ1v) is 6.77. The Morgan fingerprint density at radius 1 is 1.39 bits per heavy atom. The standard InChI is InChI=1S/C15H23NO2/c1-11(2)6-5-9-17-14-10-18-13-8-4-3-7-12(13)15(14)16/h3-4,7-8,11,14-15H,5-6,9-10,16H2,1-2H3. The molecule has 1 aliphatic rings. The fourth-order valence-electron chi connectivity index (χ4n) is 2.24. The second kappa shape index (κ2) is 6.21. The first kappa shape index (κ1) is 13.4. The first-order valence-electron chi connectivity index (χ1n) is 6.77. The third kappa shape index (κ3) is 3.24. The van der Waals surface area contributed by atoms with E-state index in [2.05, 4.69) is 13.8 Å². The minimum absolute atomic E-state index is 0.0212. The summed E-state index contributed by atoms with van der Waals surface area (Å²) in [6.07, 6.45) is 2.26. The van der Waals surface area contributed by atoms with Gasteiger partial charge in [-0.25, -0.2) is 0 Å². The van der Waals surface area contributed by atoms with Gasteiger partial charge in [0.1, 0.15) is 18.5 Å². The molecule has 2 rings (SSSR count). The molecule has 3 nitrogen and oxygen atoms in total. The molecule has 0 radical (unpaired) electrons. The van der Waals surface area contributed by atoms with Crippen molar-refractivity contribution in [2.75, 3.05) is 13.2 Å². The predicted octanol–water partition coefficient (Wildman–Crippen LogP) is 2.90. The van der Waals surface area contributed by atoms with Crippen molar-refractivity contribution >= 4 is 0 Å². The highest BCUT2D eigenvalue weighted by Crippen LogP contribution is 2.31. The van der Waals surface area contributed by atoms with Crippen LogP contribution in [0.25, 0.3) is 0 Å². The smallest absolute Gasteiger partial charge is 0.124 e. The molecule has 0 aliphatic carbocycles. The van der Waals surface area contributed by atoms with E-state index in [1.165, 1.54) is 6.42 Å². The molecule has 2 N–H and O–H groups in total. The Bertz CT molecular complexity index is 379. The third-order valence-corrected chi connectivity index (χ3v) is 3.34. The summed E-state index contributed by atoms with van der Waals surface area (Å²) in [5.74, 6) is 1.62. The predicted molar refractivity (Wildman–Crippen MR) is 72.7 cm³/mol. The first-order chi connectivity index (χ1) is 8.68. The van der Waals surface area contributed by atoms with Crippen LogP contribution >= 0.6 is 0 Å². The fraction of sp³-hybridized carbons (Fsp3) is 0.600. The Hall–Kier alpha value is -1.06. The van der Waals surface area contributed by atoms with Gasteiger partial charge in [0.25, 0.3) is 0 Å². The van der Waals surface area contributed by atoms with Crippen LogP contribution in [-0.2, 0) is 4.74 Å². The molecule has 100 valence electrons. The summed E-state index contributed by atoms with van der Waals surface area (Å²) in [5, 5.41) is 0. The Kier molecular flexibility index (Phi) is 4.61. The number of nitrogens with two attached hydrogens (primary N) is 1. The molecule has 0 saturated heterocycles. The Labute approximate surface area is 109 Å². The lowest BCUT2D eigenvalue weighted by Crippen LogP contribution is -2.38. The van der Waals surface area contributed by atoms with Gasteiger partial charge in [0.05, 0.1) is 6.04 Å². The molecular weight excluding hydrogens is 226 g/mol. The van der Waals surface area contributed by atoms with Crippen LogP contribution in [0.1, 0.15) is 38.3 Å². The summed E-state index contributed by atoms with van der Waals surface area (Å²) in [7, 11) is 0. The van der Waals surface area contributed by atoms with Crippen molar-refractivity contribution in [1.82, 2.24) is 0 Å². The van der Waals surface area contributed by atoms with Crippen molar-refractivity contribution < 1.29 is 9.47 Å². The summed E-state index contributed by atoms with van der Waals surface area (Å²) in [6.45, 7) is 5.78. The zero-order valence-corrected chi connectivity index (χ0v) is 11.3. The highest BCUT2D eigenvalue weighted by atomic mass is 16.5. The Morgan fingerprint density at radius 3 is 2.94 bits per heavy atom. The van der Waals surface area contributed by atoms with Gasteiger partial charge in [-0.15, -0.1) is 0 Å². The number of hydrogen-bond donors (Lipinski definition) is 1. The van der Waals surface area contributed by atoms with Crippen molar-refractivity contribution in [2.24, 2.45) is 11.7 Å². The SMILES string of the molecule is CC(C)CCCOC1COc2ccccc2C1N. The van der Waals surface area contributed by atoms with Gasteiger partial charge in [0.15, 0.2) is 0 Å². The van der Waals surface area contributed by atoms with Crippen LogP contribution in [0.5, 0.6) is 5.75 Å². The number of hydrogen-bond acceptors (Lipinski definition) is 3. The molecule has 2 unspecified atom stereocenters. The number of benzene rings is 1. The molecule has 18 heavy (non-hydrogen) atoms. The molecule has 1 aliphatic heterocycles. The average molecular weight is 249 g/mol. The lowest BCUT2D eigenvalue weighted by Gasteiger charge is -2.31. The molecule has 2 atom stereocenters. The topological polar surface area (TPSA) is 44.5 Å². The van der Waals surface area contributed by atoms with E-state index in [9.17, 15) is 0 Å². The van der Waals surface area contributed by atoms with E-state index in [-0.39, 0.29) is 12.1 Å². The van der Waals surface area contributed by atoms with E-state index in [4.69, 9.17) is 15.2 Å².